The summed E-state index contributed by atoms with van der Waals surface area (Å²) in [6, 6.07) is 7.28. The minimum atomic E-state index is -3.46. The average Bonchev–Trinajstić information content (AvgIpc) is 3.20. The lowest BCUT2D eigenvalue weighted by Gasteiger charge is -2.35. The molecular weight excluding hydrogens is 408 g/mol. The normalized spacial score (nSPS) is 18.8. The van der Waals surface area contributed by atoms with Crippen molar-refractivity contribution in [3.05, 3.63) is 40.2 Å². The summed E-state index contributed by atoms with van der Waals surface area (Å²) in [5, 5.41) is 0. The monoisotopic (exact) mass is 434 g/mol. The number of carbonyl (C=O) groups is 1. The third kappa shape index (κ3) is 4.31. The maximum atomic E-state index is 12.8. The molecule has 0 saturated carbocycles. The van der Waals surface area contributed by atoms with E-state index in [2.05, 4.69) is 9.88 Å². The summed E-state index contributed by atoms with van der Waals surface area (Å²) >= 11 is 1.52. The van der Waals surface area contributed by atoms with Crippen molar-refractivity contribution < 1.29 is 13.2 Å². The number of nitrogens with zero attached hydrogens (tertiary/aromatic N) is 4. The molecule has 7 nitrogen and oxygen atoms in total. The Balaban J connectivity index is 1.38. The van der Waals surface area contributed by atoms with Crippen LogP contribution >= 0.6 is 11.3 Å². The first kappa shape index (κ1) is 20.3. The number of hydrogen-bond donors (Lipinski definition) is 0. The largest absolute Gasteiger partial charge is 0.353 e. The highest BCUT2D eigenvalue weighted by Crippen LogP contribution is 2.23. The van der Waals surface area contributed by atoms with Crippen LogP contribution in [0.25, 0.3) is 0 Å². The molecule has 2 aromatic heterocycles. The summed E-state index contributed by atoms with van der Waals surface area (Å²) in [5.41, 5.74) is 0. The molecule has 0 radical (unpaired) electrons. The summed E-state index contributed by atoms with van der Waals surface area (Å²) in [6.07, 6.45) is 4.38. The van der Waals surface area contributed by atoms with E-state index in [9.17, 15) is 13.2 Å². The second kappa shape index (κ2) is 8.41. The number of rotatable bonds is 4. The van der Waals surface area contributed by atoms with E-state index in [4.69, 9.17) is 0 Å². The molecule has 2 aromatic rings. The number of pyridine rings is 1. The van der Waals surface area contributed by atoms with Crippen molar-refractivity contribution in [2.75, 3.05) is 44.2 Å². The highest BCUT2D eigenvalue weighted by molar-refractivity contribution is 7.89. The van der Waals surface area contributed by atoms with Crippen LogP contribution in [0.3, 0.4) is 0 Å². The van der Waals surface area contributed by atoms with Gasteiger partial charge in [-0.15, -0.1) is 11.3 Å². The zero-order valence-electron chi connectivity index (χ0n) is 16.6. The molecule has 4 heterocycles. The molecule has 0 atom stereocenters. The first-order valence-corrected chi connectivity index (χ1v) is 12.3. The van der Waals surface area contributed by atoms with Gasteiger partial charge in [0.05, 0.1) is 4.88 Å². The Morgan fingerprint density at radius 1 is 0.966 bits per heavy atom. The fraction of sp³-hybridized carbons (Fsp3) is 0.500. The molecule has 156 valence electrons. The Labute approximate surface area is 176 Å². The summed E-state index contributed by atoms with van der Waals surface area (Å²) in [4.78, 5) is 23.1. The highest BCUT2D eigenvalue weighted by atomic mass is 32.2. The van der Waals surface area contributed by atoms with Crippen LogP contribution in [0.15, 0.2) is 35.4 Å². The maximum absolute atomic E-state index is 12.8. The van der Waals surface area contributed by atoms with Gasteiger partial charge in [0.1, 0.15) is 10.7 Å². The van der Waals surface area contributed by atoms with Crippen LogP contribution in [0.4, 0.5) is 5.82 Å². The number of piperazine rings is 1. The molecule has 2 aliphatic heterocycles. The molecule has 4 rings (SSSR count). The van der Waals surface area contributed by atoms with E-state index in [1.165, 1.54) is 17.5 Å². The highest BCUT2D eigenvalue weighted by Gasteiger charge is 2.27. The summed E-state index contributed by atoms with van der Waals surface area (Å²) in [6.45, 7) is 5.80. The number of piperidine rings is 1. The number of aromatic nitrogens is 1. The Kier molecular flexibility index (Phi) is 5.89. The Hall–Kier alpha value is -1.97. The number of thiophene rings is 1. The second-order valence-corrected chi connectivity index (χ2v) is 10.7. The number of aryl methyl sites for hydroxylation is 1. The second-order valence-electron chi connectivity index (χ2n) is 7.51. The minimum absolute atomic E-state index is 0.0821. The molecule has 0 unspecified atom stereocenters. The van der Waals surface area contributed by atoms with Gasteiger partial charge < -0.3 is 9.80 Å². The van der Waals surface area contributed by atoms with Gasteiger partial charge in [-0.3, -0.25) is 4.79 Å². The van der Waals surface area contributed by atoms with Crippen molar-refractivity contribution in [3.63, 3.8) is 0 Å². The fourth-order valence-corrected chi connectivity index (χ4v) is 6.11. The fourth-order valence-electron chi connectivity index (χ4n) is 3.81. The molecule has 0 aromatic carbocycles. The SMILES string of the molecule is Cc1ccc(C(=O)N2CCN(c3ccc(S(=O)(=O)N4CCCCC4)cn3)CC2)s1. The Morgan fingerprint density at radius 2 is 1.69 bits per heavy atom. The summed E-state index contributed by atoms with van der Waals surface area (Å²) in [7, 11) is -3.46. The van der Waals surface area contributed by atoms with Crippen molar-refractivity contribution in [1.29, 1.82) is 0 Å². The topological polar surface area (TPSA) is 73.8 Å². The van der Waals surface area contributed by atoms with Gasteiger partial charge in [0.15, 0.2) is 0 Å². The van der Waals surface area contributed by atoms with Gasteiger partial charge >= 0.3 is 0 Å². The van der Waals surface area contributed by atoms with E-state index >= 15 is 0 Å². The van der Waals surface area contributed by atoms with E-state index in [0.717, 1.165) is 34.8 Å². The molecule has 0 N–H and O–H groups in total. The van der Waals surface area contributed by atoms with Crippen LogP contribution in [0, 0.1) is 6.92 Å². The predicted octanol–water partition coefficient (Wildman–Crippen LogP) is 2.59. The van der Waals surface area contributed by atoms with E-state index in [1.807, 2.05) is 24.0 Å². The van der Waals surface area contributed by atoms with E-state index in [0.29, 0.717) is 39.3 Å². The van der Waals surface area contributed by atoms with Crippen molar-refractivity contribution in [3.8, 4) is 0 Å². The quantitative estimate of drug-likeness (QED) is 0.740. The molecule has 0 bridgehead atoms. The number of amides is 1. The number of sulfonamides is 1. The molecule has 0 aliphatic carbocycles. The first-order chi connectivity index (χ1) is 13.9. The van der Waals surface area contributed by atoms with Crippen LogP contribution in [-0.2, 0) is 10.0 Å². The van der Waals surface area contributed by atoms with Crippen LogP contribution in [-0.4, -0.2) is 67.8 Å². The van der Waals surface area contributed by atoms with E-state index < -0.39 is 10.0 Å². The summed E-state index contributed by atoms with van der Waals surface area (Å²) < 4.78 is 27.1. The van der Waals surface area contributed by atoms with Crippen LogP contribution in [0.2, 0.25) is 0 Å². The van der Waals surface area contributed by atoms with Gasteiger partial charge in [0.25, 0.3) is 5.91 Å². The van der Waals surface area contributed by atoms with Crippen LogP contribution < -0.4 is 4.90 Å². The molecule has 1 amide bonds. The standard InChI is InChI=1S/C20H26N4O3S2/c1-16-5-7-18(28-16)20(25)23-13-11-22(12-14-23)19-8-6-17(15-21-19)29(26,27)24-9-3-2-4-10-24/h5-8,15H,2-4,9-14H2,1H3. The molecule has 2 fully saturated rings. The van der Waals surface area contributed by atoms with Crippen molar-refractivity contribution in [1.82, 2.24) is 14.2 Å². The summed E-state index contributed by atoms with van der Waals surface area (Å²) in [5.74, 6) is 0.834. The third-order valence-electron chi connectivity index (χ3n) is 5.52. The van der Waals surface area contributed by atoms with E-state index in [1.54, 1.807) is 16.4 Å². The molecule has 29 heavy (non-hydrogen) atoms. The van der Waals surface area contributed by atoms with Gasteiger partial charge in [-0.05, 0) is 44.0 Å². The number of carbonyl (C=O) groups excluding carboxylic acids is 1. The number of anilines is 1. The lowest BCUT2D eigenvalue weighted by Crippen LogP contribution is -2.48. The van der Waals surface area contributed by atoms with Gasteiger partial charge in [-0.2, -0.15) is 4.31 Å². The zero-order chi connectivity index (χ0) is 20.4. The number of hydrogen-bond acceptors (Lipinski definition) is 6. The average molecular weight is 435 g/mol. The predicted molar refractivity (Wildman–Crippen MR) is 114 cm³/mol. The zero-order valence-corrected chi connectivity index (χ0v) is 18.2. The van der Waals surface area contributed by atoms with E-state index in [-0.39, 0.29) is 10.8 Å². The van der Waals surface area contributed by atoms with Gasteiger partial charge in [-0.1, -0.05) is 6.42 Å². The lowest BCUT2D eigenvalue weighted by molar-refractivity contribution is 0.0751. The minimum Gasteiger partial charge on any atom is -0.353 e. The van der Waals surface area contributed by atoms with Crippen molar-refractivity contribution >= 4 is 33.1 Å². The molecule has 0 spiro atoms. The third-order valence-corrected chi connectivity index (χ3v) is 8.39. The van der Waals surface area contributed by atoms with Crippen molar-refractivity contribution in [2.24, 2.45) is 0 Å². The van der Waals surface area contributed by atoms with Crippen LogP contribution in [0.5, 0.6) is 0 Å². The maximum Gasteiger partial charge on any atom is 0.264 e. The smallest absolute Gasteiger partial charge is 0.264 e. The molecular formula is C20H26N4O3S2. The molecule has 9 heteroatoms. The Morgan fingerprint density at radius 3 is 2.28 bits per heavy atom. The molecule has 2 saturated heterocycles. The lowest BCUT2D eigenvalue weighted by atomic mass is 10.2. The van der Waals surface area contributed by atoms with Gasteiger partial charge in [0, 0.05) is 50.3 Å². The first-order valence-electron chi connectivity index (χ1n) is 10.0. The Bertz CT molecular complexity index is 958. The van der Waals surface area contributed by atoms with Gasteiger partial charge in [0.2, 0.25) is 10.0 Å². The van der Waals surface area contributed by atoms with Crippen LogP contribution in [0.1, 0.15) is 33.8 Å². The van der Waals surface area contributed by atoms with Gasteiger partial charge in [-0.25, -0.2) is 13.4 Å². The molecule has 2 aliphatic rings. The van der Waals surface area contributed by atoms with Crippen molar-refractivity contribution in [2.45, 2.75) is 31.1 Å².